The summed E-state index contributed by atoms with van der Waals surface area (Å²) in [6, 6.07) is 0. The van der Waals surface area contributed by atoms with Crippen molar-refractivity contribution >= 4 is 23.9 Å². The Kier molecular flexibility index (Phi) is 9.43. The molecule has 3 fully saturated rings. The number of hydrogen-bond acceptors (Lipinski definition) is 7. The monoisotopic (exact) mass is 468 g/mol. The number of carboxylic acids is 2. The van der Waals surface area contributed by atoms with E-state index < -0.39 is 11.9 Å². The number of oxime groups is 1. The van der Waals surface area contributed by atoms with Gasteiger partial charge in [0.05, 0.1) is 6.10 Å². The van der Waals surface area contributed by atoms with Gasteiger partial charge in [-0.15, -0.1) is 0 Å². The minimum absolute atomic E-state index is 0.00169. The van der Waals surface area contributed by atoms with Crippen molar-refractivity contribution in [3.05, 3.63) is 0 Å². The van der Waals surface area contributed by atoms with Crippen molar-refractivity contribution in [3.63, 3.8) is 0 Å². The average molecular weight is 469 g/mol. The molecule has 3 aliphatic carbocycles. The first-order valence-corrected chi connectivity index (χ1v) is 12.0. The first-order valence-electron chi connectivity index (χ1n) is 12.0. The molecule has 0 saturated heterocycles. The molecule has 0 aromatic heterocycles. The molecule has 0 spiro atoms. The molecule has 5 N–H and O–H groups in total. The van der Waals surface area contributed by atoms with E-state index in [2.05, 4.69) is 25.9 Å². The first kappa shape index (κ1) is 27.2. The number of Topliss-reactive ketones (excluding diaryl/α,β-unsaturated/α-hetero) is 1. The standard InChI is InChI=1S/C22H38N2O3.C2H2O4/c1-4-8-21(2)9-7-18-17(20(21)26)6-5-16-12-19(25)15(13-22(16,18)3)14-24-27-11-10-23;3-1(4)2(5)6/h14-19,25H,4-13,23H2,1-3H3;(H,3,4)(H,5,6)/b24-14-;/t15?,16?,17-,18+,19-,21+,22+;/m1./s1. The van der Waals surface area contributed by atoms with Gasteiger partial charge in [0.25, 0.3) is 0 Å². The van der Waals surface area contributed by atoms with E-state index >= 15 is 0 Å². The van der Waals surface area contributed by atoms with Crippen LogP contribution in [0.2, 0.25) is 0 Å². The Morgan fingerprint density at radius 1 is 1.21 bits per heavy atom. The van der Waals surface area contributed by atoms with Crippen LogP contribution in [-0.2, 0) is 19.2 Å². The maximum Gasteiger partial charge on any atom is 0.414 e. The Balaban J connectivity index is 0.000000569. The lowest BCUT2D eigenvalue weighted by molar-refractivity contribution is -0.159. The van der Waals surface area contributed by atoms with Crippen LogP contribution in [0.1, 0.15) is 72.1 Å². The summed E-state index contributed by atoms with van der Waals surface area (Å²) >= 11 is 0. The predicted molar refractivity (Wildman–Crippen MR) is 123 cm³/mol. The van der Waals surface area contributed by atoms with E-state index in [4.69, 9.17) is 30.4 Å². The summed E-state index contributed by atoms with van der Waals surface area (Å²) in [5.41, 5.74) is 5.42. The molecule has 0 bridgehead atoms. The van der Waals surface area contributed by atoms with Crippen LogP contribution >= 0.6 is 0 Å². The number of rotatable bonds is 6. The summed E-state index contributed by atoms with van der Waals surface area (Å²) < 4.78 is 0. The molecule has 2 unspecified atom stereocenters. The van der Waals surface area contributed by atoms with Gasteiger partial charge in [-0.1, -0.05) is 32.3 Å². The molecule has 33 heavy (non-hydrogen) atoms. The van der Waals surface area contributed by atoms with Gasteiger partial charge in [-0.05, 0) is 62.2 Å². The first-order chi connectivity index (χ1) is 15.5. The van der Waals surface area contributed by atoms with Crippen LogP contribution in [0.5, 0.6) is 0 Å². The van der Waals surface area contributed by atoms with Crippen LogP contribution in [0.4, 0.5) is 0 Å². The third-order valence-corrected chi connectivity index (χ3v) is 8.25. The fourth-order valence-corrected chi connectivity index (χ4v) is 6.56. The van der Waals surface area contributed by atoms with Crippen molar-refractivity contribution in [2.24, 2.45) is 45.4 Å². The van der Waals surface area contributed by atoms with Gasteiger partial charge in [0.2, 0.25) is 0 Å². The number of aliphatic hydroxyl groups is 1. The number of nitrogens with two attached hydrogens (primary N) is 1. The largest absolute Gasteiger partial charge is 0.473 e. The van der Waals surface area contributed by atoms with Gasteiger partial charge in [0.15, 0.2) is 0 Å². The molecule has 0 heterocycles. The minimum Gasteiger partial charge on any atom is -0.473 e. The molecule has 3 aliphatic rings. The highest BCUT2D eigenvalue weighted by Gasteiger charge is 2.57. The Hall–Kier alpha value is -2.00. The predicted octanol–water partition coefficient (Wildman–Crippen LogP) is 2.69. The quantitative estimate of drug-likeness (QED) is 0.200. The van der Waals surface area contributed by atoms with Crippen molar-refractivity contribution in [1.82, 2.24) is 0 Å². The average Bonchev–Trinajstić information content (AvgIpc) is 2.75. The number of aliphatic carboxylic acids is 2. The summed E-state index contributed by atoms with van der Waals surface area (Å²) in [7, 11) is 0. The third-order valence-electron chi connectivity index (χ3n) is 8.25. The van der Waals surface area contributed by atoms with Crippen LogP contribution in [0, 0.1) is 34.5 Å². The number of nitrogens with zero attached hydrogens (tertiary/aromatic N) is 1. The zero-order valence-corrected chi connectivity index (χ0v) is 20.0. The van der Waals surface area contributed by atoms with Crippen LogP contribution < -0.4 is 5.73 Å². The van der Waals surface area contributed by atoms with E-state index in [0.29, 0.717) is 30.8 Å². The van der Waals surface area contributed by atoms with Crippen LogP contribution in [-0.4, -0.2) is 58.5 Å². The van der Waals surface area contributed by atoms with E-state index in [9.17, 15) is 9.90 Å². The molecule has 0 radical (unpaired) electrons. The SMILES string of the molecule is CCC[C@@]1(C)CC[C@H]2[C@@H](CCC3C[C@@H](O)C(/C=N\OCCN)C[C@@]32C)C1=O.O=C(O)C(=O)O. The molecule has 0 amide bonds. The number of carbonyl (C=O) groups excluding carboxylic acids is 1. The molecule has 0 aromatic rings. The number of fused-ring (bicyclic) bond motifs is 3. The number of aliphatic hydroxyl groups excluding tert-OH is 1. The second kappa shape index (κ2) is 11.4. The van der Waals surface area contributed by atoms with Crippen molar-refractivity contribution in [2.75, 3.05) is 13.2 Å². The number of carboxylic acid groups (broad SMARTS) is 2. The highest BCUT2D eigenvalue weighted by Crippen LogP contribution is 2.61. The molecule has 9 heteroatoms. The Labute approximate surface area is 195 Å². The number of ketones is 1. The summed E-state index contributed by atoms with van der Waals surface area (Å²) in [5.74, 6) is -1.97. The van der Waals surface area contributed by atoms with Gasteiger partial charge in [0.1, 0.15) is 12.4 Å². The van der Waals surface area contributed by atoms with Gasteiger partial charge in [0, 0.05) is 30.0 Å². The fraction of sp³-hybridized carbons (Fsp3) is 0.833. The zero-order chi connectivity index (χ0) is 24.8. The summed E-state index contributed by atoms with van der Waals surface area (Å²) in [6.45, 7) is 7.58. The summed E-state index contributed by atoms with van der Waals surface area (Å²) in [6.07, 6.45) is 9.44. The van der Waals surface area contributed by atoms with Crippen LogP contribution in [0.15, 0.2) is 5.16 Å². The third kappa shape index (κ3) is 6.12. The Morgan fingerprint density at radius 3 is 2.45 bits per heavy atom. The van der Waals surface area contributed by atoms with Crippen molar-refractivity contribution in [3.8, 4) is 0 Å². The summed E-state index contributed by atoms with van der Waals surface area (Å²) in [4.78, 5) is 36.7. The highest BCUT2D eigenvalue weighted by atomic mass is 16.6. The fourth-order valence-electron chi connectivity index (χ4n) is 6.56. The molecule has 188 valence electrons. The molecular formula is C24H40N2O7. The molecule has 9 nitrogen and oxygen atoms in total. The van der Waals surface area contributed by atoms with Gasteiger partial charge in [-0.25, -0.2) is 9.59 Å². The Morgan fingerprint density at radius 2 is 1.88 bits per heavy atom. The van der Waals surface area contributed by atoms with Crippen molar-refractivity contribution in [2.45, 2.75) is 78.2 Å². The lowest BCUT2D eigenvalue weighted by Gasteiger charge is -2.58. The number of carbonyl (C=O) groups is 3. The highest BCUT2D eigenvalue weighted by molar-refractivity contribution is 6.27. The molecule has 7 atom stereocenters. The molecule has 0 aliphatic heterocycles. The second-order valence-corrected chi connectivity index (χ2v) is 10.4. The summed E-state index contributed by atoms with van der Waals surface area (Å²) in [5, 5.41) is 29.5. The molecule has 3 saturated carbocycles. The van der Waals surface area contributed by atoms with Crippen LogP contribution in [0.25, 0.3) is 0 Å². The number of hydrogen-bond donors (Lipinski definition) is 4. The molecule has 3 rings (SSSR count). The van der Waals surface area contributed by atoms with E-state index in [0.717, 1.165) is 51.4 Å². The molecular weight excluding hydrogens is 428 g/mol. The topological polar surface area (TPSA) is 160 Å². The molecule has 0 aromatic carbocycles. The lowest BCUT2D eigenvalue weighted by Crippen LogP contribution is -2.56. The smallest absolute Gasteiger partial charge is 0.414 e. The van der Waals surface area contributed by atoms with Gasteiger partial charge >= 0.3 is 11.9 Å². The van der Waals surface area contributed by atoms with E-state index in [-0.39, 0.29) is 28.8 Å². The minimum atomic E-state index is -1.82. The maximum atomic E-state index is 13.4. The normalized spacial score (nSPS) is 38.0. The zero-order valence-electron chi connectivity index (χ0n) is 20.0. The maximum absolute atomic E-state index is 13.4. The van der Waals surface area contributed by atoms with Gasteiger partial charge in [-0.2, -0.15) is 0 Å². The Bertz CT molecular complexity index is 730. The van der Waals surface area contributed by atoms with Crippen molar-refractivity contribution < 1.29 is 34.5 Å². The van der Waals surface area contributed by atoms with E-state index in [1.54, 1.807) is 6.21 Å². The van der Waals surface area contributed by atoms with Crippen LogP contribution in [0.3, 0.4) is 0 Å². The van der Waals surface area contributed by atoms with E-state index in [1.807, 2.05) is 0 Å². The van der Waals surface area contributed by atoms with E-state index in [1.165, 1.54) is 0 Å². The second-order valence-electron chi connectivity index (χ2n) is 10.4. The van der Waals surface area contributed by atoms with Gasteiger partial charge < -0.3 is 25.9 Å². The lowest BCUT2D eigenvalue weighted by atomic mass is 9.45. The van der Waals surface area contributed by atoms with Gasteiger partial charge in [-0.3, -0.25) is 4.79 Å². The van der Waals surface area contributed by atoms with Crippen molar-refractivity contribution in [1.29, 1.82) is 0 Å².